The van der Waals surface area contributed by atoms with Crippen molar-refractivity contribution in [3.8, 4) is 0 Å². The summed E-state index contributed by atoms with van der Waals surface area (Å²) in [6, 6.07) is 10.5. The van der Waals surface area contributed by atoms with Crippen molar-refractivity contribution in [3.63, 3.8) is 0 Å². The summed E-state index contributed by atoms with van der Waals surface area (Å²) in [4.78, 5) is 2.59. The van der Waals surface area contributed by atoms with Crippen LogP contribution < -0.4 is 5.32 Å². The average molecular weight is 288 g/mol. The van der Waals surface area contributed by atoms with Crippen molar-refractivity contribution >= 4 is 0 Å². The highest BCUT2D eigenvalue weighted by molar-refractivity contribution is 5.27. The molecule has 3 rings (SSSR count). The lowest BCUT2D eigenvalue weighted by Gasteiger charge is -2.23. The molecule has 1 aromatic carbocycles. The number of hydrogen-bond donors (Lipinski definition) is 1. The van der Waals surface area contributed by atoms with Crippen LogP contribution in [0.1, 0.15) is 36.8 Å². The normalized spacial score (nSPS) is 18.4. The minimum Gasteiger partial charge on any atom is -0.383 e. The third-order valence-corrected chi connectivity index (χ3v) is 4.54. The third-order valence-electron chi connectivity index (χ3n) is 4.54. The number of hydrogen-bond acceptors (Lipinski definition) is 3. The van der Waals surface area contributed by atoms with Crippen molar-refractivity contribution in [1.82, 2.24) is 10.2 Å². The second-order valence-corrected chi connectivity index (χ2v) is 6.44. The van der Waals surface area contributed by atoms with E-state index in [-0.39, 0.29) is 0 Å². The van der Waals surface area contributed by atoms with Crippen LogP contribution in [-0.2, 0) is 17.7 Å². The Morgan fingerprint density at radius 2 is 1.90 bits per heavy atom. The Balaban J connectivity index is 1.56. The fourth-order valence-corrected chi connectivity index (χ4v) is 2.91. The lowest BCUT2D eigenvalue weighted by Crippen LogP contribution is -2.29. The Morgan fingerprint density at radius 1 is 1.14 bits per heavy atom. The summed E-state index contributed by atoms with van der Waals surface area (Å²) in [6.07, 6.45) is 6.60. The van der Waals surface area contributed by atoms with Crippen LogP contribution in [0.5, 0.6) is 0 Å². The Labute approximate surface area is 128 Å². The number of nitrogens with zero attached hydrogens (tertiary/aromatic N) is 1. The van der Waals surface area contributed by atoms with Crippen LogP contribution in [0, 0.1) is 0 Å². The topological polar surface area (TPSA) is 24.5 Å². The SMILES string of the molecule is COCCN(Cc1ccccc1CCNC1CC1)C1CC1. The zero-order chi connectivity index (χ0) is 14.5. The van der Waals surface area contributed by atoms with Crippen LogP contribution in [0.4, 0.5) is 0 Å². The standard InChI is InChI=1S/C18H28N2O/c1-21-13-12-20(18-8-9-18)14-16-5-3-2-4-15(16)10-11-19-17-6-7-17/h2-5,17-19H,6-14H2,1H3. The maximum atomic E-state index is 5.26. The summed E-state index contributed by atoms with van der Waals surface area (Å²) in [5, 5.41) is 3.62. The van der Waals surface area contributed by atoms with Gasteiger partial charge in [0.05, 0.1) is 6.61 Å². The number of ether oxygens (including phenoxy) is 1. The minimum atomic E-state index is 0.790. The smallest absolute Gasteiger partial charge is 0.0589 e. The molecule has 116 valence electrons. The van der Waals surface area contributed by atoms with Gasteiger partial charge < -0.3 is 10.1 Å². The van der Waals surface area contributed by atoms with Crippen LogP contribution in [-0.4, -0.2) is 43.8 Å². The first-order valence-corrected chi connectivity index (χ1v) is 8.40. The fraction of sp³-hybridized carbons (Fsp3) is 0.667. The van der Waals surface area contributed by atoms with Gasteiger partial charge in [-0.25, -0.2) is 0 Å². The quantitative estimate of drug-likeness (QED) is 0.716. The van der Waals surface area contributed by atoms with Crippen LogP contribution in [0.2, 0.25) is 0 Å². The van der Waals surface area contributed by atoms with E-state index >= 15 is 0 Å². The Hall–Kier alpha value is -0.900. The van der Waals surface area contributed by atoms with Crippen molar-refractivity contribution in [1.29, 1.82) is 0 Å². The molecule has 1 N–H and O–H groups in total. The van der Waals surface area contributed by atoms with Gasteiger partial charge in [-0.1, -0.05) is 24.3 Å². The molecule has 2 fully saturated rings. The molecule has 0 aliphatic heterocycles. The first-order valence-electron chi connectivity index (χ1n) is 8.40. The molecule has 2 aliphatic carbocycles. The second-order valence-electron chi connectivity index (χ2n) is 6.44. The van der Waals surface area contributed by atoms with Crippen molar-refractivity contribution in [2.75, 3.05) is 26.8 Å². The summed E-state index contributed by atoms with van der Waals surface area (Å²) in [6.45, 7) is 4.08. The zero-order valence-electron chi connectivity index (χ0n) is 13.2. The van der Waals surface area contributed by atoms with Gasteiger partial charge in [-0.2, -0.15) is 0 Å². The van der Waals surface area contributed by atoms with Gasteiger partial charge in [0.2, 0.25) is 0 Å². The number of nitrogens with one attached hydrogen (secondary N) is 1. The van der Waals surface area contributed by atoms with Crippen molar-refractivity contribution in [2.45, 2.75) is 50.7 Å². The van der Waals surface area contributed by atoms with Crippen molar-refractivity contribution in [3.05, 3.63) is 35.4 Å². The first-order chi connectivity index (χ1) is 10.4. The van der Waals surface area contributed by atoms with Gasteiger partial charge >= 0.3 is 0 Å². The lowest BCUT2D eigenvalue weighted by molar-refractivity contribution is 0.139. The monoisotopic (exact) mass is 288 g/mol. The summed E-state index contributed by atoms with van der Waals surface area (Å²) in [5.74, 6) is 0. The molecule has 0 amide bonds. The van der Waals surface area contributed by atoms with Crippen LogP contribution in [0.25, 0.3) is 0 Å². The molecule has 3 nitrogen and oxygen atoms in total. The molecule has 2 saturated carbocycles. The van der Waals surface area contributed by atoms with Gasteiger partial charge in [-0.3, -0.25) is 4.90 Å². The van der Waals surface area contributed by atoms with E-state index in [9.17, 15) is 0 Å². The molecular formula is C18H28N2O. The van der Waals surface area contributed by atoms with Gasteiger partial charge in [0, 0.05) is 32.3 Å². The number of methoxy groups -OCH3 is 1. The summed E-state index contributed by atoms with van der Waals surface area (Å²) >= 11 is 0. The highest BCUT2D eigenvalue weighted by Gasteiger charge is 2.29. The average Bonchev–Trinajstić information content (AvgIpc) is 3.38. The van der Waals surface area contributed by atoms with Gasteiger partial charge in [0.25, 0.3) is 0 Å². The van der Waals surface area contributed by atoms with E-state index in [1.54, 1.807) is 7.11 Å². The van der Waals surface area contributed by atoms with E-state index < -0.39 is 0 Å². The summed E-state index contributed by atoms with van der Waals surface area (Å²) in [7, 11) is 1.79. The second kappa shape index (κ2) is 7.39. The highest BCUT2D eigenvalue weighted by atomic mass is 16.5. The molecular weight excluding hydrogens is 260 g/mol. The summed E-state index contributed by atoms with van der Waals surface area (Å²) in [5.41, 5.74) is 3.01. The maximum Gasteiger partial charge on any atom is 0.0589 e. The Morgan fingerprint density at radius 3 is 2.57 bits per heavy atom. The molecule has 1 aromatic rings. The highest BCUT2D eigenvalue weighted by Crippen LogP contribution is 2.28. The van der Waals surface area contributed by atoms with E-state index in [4.69, 9.17) is 4.74 Å². The molecule has 0 heterocycles. The lowest BCUT2D eigenvalue weighted by atomic mass is 10.0. The number of benzene rings is 1. The molecule has 0 unspecified atom stereocenters. The third kappa shape index (κ3) is 4.80. The molecule has 0 saturated heterocycles. The van der Waals surface area contributed by atoms with Crippen LogP contribution in [0.3, 0.4) is 0 Å². The molecule has 0 bridgehead atoms. The van der Waals surface area contributed by atoms with Gasteiger partial charge in [0.15, 0.2) is 0 Å². The van der Waals surface area contributed by atoms with Crippen LogP contribution >= 0.6 is 0 Å². The molecule has 0 spiro atoms. The number of rotatable bonds is 10. The molecule has 2 aliphatic rings. The first kappa shape index (κ1) is 15.0. The molecule has 0 atom stereocenters. The summed E-state index contributed by atoms with van der Waals surface area (Å²) < 4.78 is 5.26. The Bertz CT molecular complexity index is 441. The van der Waals surface area contributed by atoms with E-state index in [2.05, 4.69) is 34.5 Å². The van der Waals surface area contributed by atoms with Gasteiger partial charge in [-0.05, 0) is 49.8 Å². The predicted molar refractivity (Wildman–Crippen MR) is 86.5 cm³/mol. The fourth-order valence-electron chi connectivity index (χ4n) is 2.91. The molecule has 0 radical (unpaired) electrons. The molecule has 0 aromatic heterocycles. The molecule has 3 heteroatoms. The van der Waals surface area contributed by atoms with Crippen molar-refractivity contribution in [2.24, 2.45) is 0 Å². The van der Waals surface area contributed by atoms with Crippen molar-refractivity contribution < 1.29 is 4.74 Å². The van der Waals surface area contributed by atoms with E-state index in [1.807, 2.05) is 0 Å². The Kier molecular flexibility index (Phi) is 5.28. The zero-order valence-corrected chi connectivity index (χ0v) is 13.2. The van der Waals surface area contributed by atoms with E-state index in [0.29, 0.717) is 0 Å². The predicted octanol–water partition coefficient (Wildman–Crippen LogP) is 2.59. The minimum absolute atomic E-state index is 0.790. The largest absolute Gasteiger partial charge is 0.383 e. The maximum absolute atomic E-state index is 5.26. The van der Waals surface area contributed by atoms with Crippen LogP contribution in [0.15, 0.2) is 24.3 Å². The van der Waals surface area contributed by atoms with E-state index in [0.717, 1.165) is 44.7 Å². The van der Waals surface area contributed by atoms with E-state index in [1.165, 1.54) is 36.8 Å². The molecule has 21 heavy (non-hydrogen) atoms. The van der Waals surface area contributed by atoms with Gasteiger partial charge in [-0.15, -0.1) is 0 Å². The van der Waals surface area contributed by atoms with Gasteiger partial charge in [0.1, 0.15) is 0 Å².